The van der Waals surface area contributed by atoms with E-state index in [-0.39, 0.29) is 12.4 Å². The molecular weight excluding hydrogens is 421 g/mol. The number of rotatable bonds is 7. The molecule has 0 aliphatic carbocycles. The fourth-order valence-corrected chi connectivity index (χ4v) is 3.72. The molecule has 1 aliphatic rings. The van der Waals surface area contributed by atoms with Crippen LogP contribution in [0.5, 0.6) is 5.75 Å². The predicted octanol–water partition coefficient (Wildman–Crippen LogP) is 4.28. The highest BCUT2D eigenvalue weighted by Crippen LogP contribution is 2.33. The van der Waals surface area contributed by atoms with Gasteiger partial charge in [-0.25, -0.2) is 15.9 Å². The summed E-state index contributed by atoms with van der Waals surface area (Å²) in [7, 11) is 3.80. The van der Waals surface area contributed by atoms with Crippen LogP contribution in [0.1, 0.15) is 5.56 Å². The first-order valence-corrected chi connectivity index (χ1v) is 10.7. The van der Waals surface area contributed by atoms with Crippen molar-refractivity contribution in [3.8, 4) is 5.75 Å². The molecule has 2 heterocycles. The Labute approximate surface area is 192 Å². The number of piperazine rings is 1. The number of aromatic nitrogens is 2. The second-order valence-corrected chi connectivity index (χ2v) is 7.81. The fraction of sp³-hybridized carbons (Fsp3) is 0.292. The molecule has 9 heteroatoms. The maximum atomic E-state index is 13.6. The summed E-state index contributed by atoms with van der Waals surface area (Å²) in [6.07, 6.45) is 1.63. The van der Waals surface area contributed by atoms with Crippen molar-refractivity contribution in [1.82, 2.24) is 14.9 Å². The fourth-order valence-electron chi connectivity index (χ4n) is 3.72. The molecule has 33 heavy (non-hydrogen) atoms. The van der Waals surface area contributed by atoms with E-state index in [2.05, 4.69) is 42.3 Å². The zero-order chi connectivity index (χ0) is 23.2. The molecule has 2 N–H and O–H groups in total. The van der Waals surface area contributed by atoms with Crippen LogP contribution in [-0.2, 0) is 6.54 Å². The number of likely N-dealkylation sites (N-methyl/N-ethyl adjacent to an activating group) is 1. The van der Waals surface area contributed by atoms with Gasteiger partial charge in [0.2, 0.25) is 12.5 Å². The molecule has 4 rings (SSSR count). The van der Waals surface area contributed by atoms with E-state index in [9.17, 15) is 4.39 Å². The van der Waals surface area contributed by atoms with E-state index in [0.717, 1.165) is 43.3 Å². The Morgan fingerprint density at radius 2 is 1.91 bits per heavy atom. The molecule has 3 aromatic rings. The van der Waals surface area contributed by atoms with Gasteiger partial charge in [0.05, 0.1) is 24.0 Å². The third kappa shape index (κ3) is 5.48. The van der Waals surface area contributed by atoms with E-state index in [4.69, 9.17) is 11.3 Å². The van der Waals surface area contributed by atoms with E-state index in [0.29, 0.717) is 23.0 Å². The minimum atomic E-state index is -0.377. The summed E-state index contributed by atoms with van der Waals surface area (Å²) < 4.78 is 19.2. The number of halogens is 1. The van der Waals surface area contributed by atoms with Gasteiger partial charge in [0.1, 0.15) is 17.4 Å². The van der Waals surface area contributed by atoms with Crippen molar-refractivity contribution in [1.29, 1.82) is 0 Å². The third-order valence-corrected chi connectivity index (χ3v) is 5.51. The molecule has 2 aromatic carbocycles. The van der Waals surface area contributed by atoms with E-state index >= 15 is 0 Å². The molecule has 0 atom stereocenters. The van der Waals surface area contributed by atoms with Crippen molar-refractivity contribution in [3.05, 3.63) is 71.5 Å². The van der Waals surface area contributed by atoms with Crippen LogP contribution < -0.4 is 20.3 Å². The number of benzene rings is 2. The number of hydrogen-bond acceptors (Lipinski definition) is 7. The van der Waals surface area contributed by atoms with Crippen molar-refractivity contribution in [2.24, 2.45) is 0 Å². The van der Waals surface area contributed by atoms with Crippen molar-refractivity contribution in [2.75, 3.05) is 55.9 Å². The van der Waals surface area contributed by atoms with Gasteiger partial charge in [0.25, 0.3) is 0 Å². The molecule has 0 radical (unpaired) electrons. The predicted molar refractivity (Wildman–Crippen MR) is 128 cm³/mol. The van der Waals surface area contributed by atoms with Crippen molar-refractivity contribution in [2.45, 2.75) is 6.54 Å². The molecule has 0 saturated carbocycles. The van der Waals surface area contributed by atoms with Crippen LogP contribution in [0.15, 0.2) is 48.7 Å². The van der Waals surface area contributed by atoms with E-state index < -0.39 is 0 Å². The molecule has 0 spiro atoms. The van der Waals surface area contributed by atoms with Crippen LogP contribution in [0.4, 0.5) is 33.2 Å². The first kappa shape index (κ1) is 22.3. The minimum absolute atomic E-state index is 0.0791. The lowest BCUT2D eigenvalue weighted by atomic mass is 10.1. The molecule has 8 nitrogen and oxygen atoms in total. The van der Waals surface area contributed by atoms with Gasteiger partial charge in [-0.05, 0) is 43.4 Å². The minimum Gasteiger partial charge on any atom is -0.495 e. The Bertz CT molecular complexity index is 1160. The van der Waals surface area contributed by atoms with Gasteiger partial charge < -0.3 is 30.0 Å². The van der Waals surface area contributed by atoms with Crippen LogP contribution >= 0.6 is 0 Å². The maximum Gasteiger partial charge on any atom is 0.241 e. The maximum absolute atomic E-state index is 13.6. The first-order chi connectivity index (χ1) is 16.1. The standard InChI is InChI=1S/C24H26FN7O/c1-26-16-17-14-18(25)4-6-20(17)29-23-8-9-27-24(30-23)28-19-5-7-21(22(15-19)33-3)32-12-10-31(2)11-13-32/h4-9,14-15H,10-13,16H2,2-3H3,(H2,27,28,29,30). The molecule has 170 valence electrons. The molecule has 1 aromatic heterocycles. The Morgan fingerprint density at radius 3 is 2.67 bits per heavy atom. The zero-order valence-electron chi connectivity index (χ0n) is 18.7. The van der Waals surface area contributed by atoms with Crippen LogP contribution in [0.25, 0.3) is 4.85 Å². The number of nitrogens with zero attached hydrogens (tertiary/aromatic N) is 5. The second kappa shape index (κ2) is 10.1. The van der Waals surface area contributed by atoms with Crippen LogP contribution in [0, 0.1) is 12.4 Å². The second-order valence-electron chi connectivity index (χ2n) is 7.81. The molecule has 1 saturated heterocycles. The Morgan fingerprint density at radius 1 is 1.09 bits per heavy atom. The van der Waals surface area contributed by atoms with E-state index in [1.807, 2.05) is 18.2 Å². The number of anilines is 5. The van der Waals surface area contributed by atoms with Gasteiger partial charge in [-0.15, -0.1) is 0 Å². The lowest BCUT2D eigenvalue weighted by Gasteiger charge is -2.34. The highest BCUT2D eigenvalue weighted by Gasteiger charge is 2.18. The lowest BCUT2D eigenvalue weighted by molar-refractivity contribution is 0.311. The summed E-state index contributed by atoms with van der Waals surface area (Å²) in [6, 6.07) is 12.0. The summed E-state index contributed by atoms with van der Waals surface area (Å²) in [5.41, 5.74) is 3.08. The summed E-state index contributed by atoms with van der Waals surface area (Å²) in [5.74, 6) is 1.35. The van der Waals surface area contributed by atoms with Crippen LogP contribution in [-0.4, -0.2) is 55.2 Å². The quantitative estimate of drug-likeness (QED) is 0.524. The summed E-state index contributed by atoms with van der Waals surface area (Å²) >= 11 is 0. The molecular formula is C24H26FN7O. The topological polar surface area (TPSA) is 69.9 Å². The van der Waals surface area contributed by atoms with Crippen LogP contribution in [0.3, 0.4) is 0 Å². The largest absolute Gasteiger partial charge is 0.495 e. The van der Waals surface area contributed by atoms with Gasteiger partial charge in [0, 0.05) is 44.1 Å². The highest BCUT2D eigenvalue weighted by molar-refractivity contribution is 5.68. The summed E-state index contributed by atoms with van der Waals surface area (Å²) in [6.45, 7) is 11.1. The van der Waals surface area contributed by atoms with Gasteiger partial charge in [-0.3, -0.25) is 0 Å². The first-order valence-electron chi connectivity index (χ1n) is 10.7. The van der Waals surface area contributed by atoms with Crippen LogP contribution in [0.2, 0.25) is 0 Å². The number of hydrogen-bond donors (Lipinski definition) is 2. The summed E-state index contributed by atoms with van der Waals surface area (Å²) in [4.78, 5) is 16.8. The molecule has 1 aliphatic heterocycles. The molecule has 1 fully saturated rings. The smallest absolute Gasteiger partial charge is 0.241 e. The third-order valence-electron chi connectivity index (χ3n) is 5.51. The van der Waals surface area contributed by atoms with Gasteiger partial charge in [0.15, 0.2) is 0 Å². The molecule has 0 amide bonds. The molecule has 0 unspecified atom stereocenters. The molecule has 0 bridgehead atoms. The average molecular weight is 448 g/mol. The summed E-state index contributed by atoms with van der Waals surface area (Å²) in [5, 5.41) is 6.37. The van der Waals surface area contributed by atoms with E-state index in [1.165, 1.54) is 12.1 Å². The van der Waals surface area contributed by atoms with Crippen molar-refractivity contribution >= 4 is 28.8 Å². The Balaban J connectivity index is 1.50. The average Bonchev–Trinajstić information content (AvgIpc) is 2.82. The van der Waals surface area contributed by atoms with Gasteiger partial charge in [-0.1, -0.05) is 0 Å². The number of nitrogens with one attached hydrogen (secondary N) is 2. The van der Waals surface area contributed by atoms with Gasteiger partial charge >= 0.3 is 0 Å². The van der Waals surface area contributed by atoms with Crippen molar-refractivity contribution < 1.29 is 9.13 Å². The Kier molecular flexibility index (Phi) is 6.86. The van der Waals surface area contributed by atoms with Crippen molar-refractivity contribution in [3.63, 3.8) is 0 Å². The number of ether oxygens (including phenoxy) is 1. The Hall–Kier alpha value is -3.90. The normalized spacial score (nSPS) is 13.9. The highest BCUT2D eigenvalue weighted by atomic mass is 19.1. The lowest BCUT2D eigenvalue weighted by Crippen LogP contribution is -2.44. The zero-order valence-corrected chi connectivity index (χ0v) is 18.7. The monoisotopic (exact) mass is 447 g/mol. The van der Waals surface area contributed by atoms with E-state index in [1.54, 1.807) is 25.4 Å². The van der Waals surface area contributed by atoms with Gasteiger partial charge in [-0.2, -0.15) is 4.98 Å². The number of methoxy groups -OCH3 is 1. The SMILES string of the molecule is [C-]#[N+]Cc1cc(F)ccc1Nc1ccnc(Nc2ccc(N3CCN(C)CC3)c(OC)c2)n1.